The number of amides is 1. The van der Waals surface area contributed by atoms with Crippen molar-refractivity contribution in [3.8, 4) is 17.2 Å². The molecule has 1 heterocycles. The van der Waals surface area contributed by atoms with Crippen LogP contribution in [0.15, 0.2) is 83.7 Å². The van der Waals surface area contributed by atoms with Crippen LogP contribution in [0.2, 0.25) is 0 Å². The van der Waals surface area contributed by atoms with Gasteiger partial charge >= 0.3 is 6.18 Å². The summed E-state index contributed by atoms with van der Waals surface area (Å²) in [4.78, 5) is 25.9. The summed E-state index contributed by atoms with van der Waals surface area (Å²) in [7, 11) is 1.71. The van der Waals surface area contributed by atoms with Crippen LogP contribution in [0, 0.1) is 6.92 Å². The fraction of sp³-hybridized carbons (Fsp3) is 0.120. The minimum Gasteiger partial charge on any atom is -0.457 e. The fourth-order valence-corrected chi connectivity index (χ4v) is 3.47. The lowest BCUT2D eigenvalue weighted by molar-refractivity contribution is -0.137. The molecule has 174 valence electrons. The molecule has 0 aliphatic rings. The van der Waals surface area contributed by atoms with Crippen LogP contribution in [0.25, 0.3) is 5.69 Å². The third-order valence-corrected chi connectivity index (χ3v) is 5.29. The molecule has 0 radical (unpaired) electrons. The Bertz CT molecular complexity index is 1410. The lowest BCUT2D eigenvalue weighted by Crippen LogP contribution is -2.22. The van der Waals surface area contributed by atoms with Gasteiger partial charge in [0.15, 0.2) is 0 Å². The normalized spacial score (nSPS) is 11.3. The van der Waals surface area contributed by atoms with Crippen molar-refractivity contribution < 1.29 is 22.7 Å². The Hall–Kier alpha value is -4.27. The molecule has 6 nitrogen and oxygen atoms in total. The maximum Gasteiger partial charge on any atom is 0.416 e. The van der Waals surface area contributed by atoms with E-state index in [1.54, 1.807) is 42.9 Å². The molecule has 1 N–H and O–H groups in total. The Morgan fingerprint density at radius 3 is 2.24 bits per heavy atom. The molecular formula is C25H20F3N3O3. The van der Waals surface area contributed by atoms with E-state index in [1.807, 2.05) is 6.07 Å². The molecule has 0 fully saturated rings. The number of nitrogens with zero attached hydrogens (tertiary/aromatic N) is 2. The average Bonchev–Trinajstić information content (AvgIpc) is 3.02. The van der Waals surface area contributed by atoms with Gasteiger partial charge in [0.05, 0.1) is 16.9 Å². The summed E-state index contributed by atoms with van der Waals surface area (Å²) in [5.41, 5.74) is 0.275. The number of alkyl halides is 3. The van der Waals surface area contributed by atoms with E-state index in [-0.39, 0.29) is 22.7 Å². The van der Waals surface area contributed by atoms with Crippen LogP contribution in [-0.4, -0.2) is 15.3 Å². The van der Waals surface area contributed by atoms with Crippen molar-refractivity contribution in [2.45, 2.75) is 13.1 Å². The van der Waals surface area contributed by atoms with Crippen molar-refractivity contribution >= 4 is 11.6 Å². The zero-order valence-electron chi connectivity index (χ0n) is 18.3. The SMILES string of the molecule is Cc1c(NC(=O)c2cccc(Oc3cccc(C(F)(F)F)c3)c2)c(=O)n(-c2ccccc2)n1C. The molecule has 9 heteroatoms. The van der Waals surface area contributed by atoms with Crippen LogP contribution < -0.4 is 15.6 Å². The molecule has 1 amide bonds. The van der Waals surface area contributed by atoms with Crippen molar-refractivity contribution in [2.75, 3.05) is 5.32 Å². The summed E-state index contributed by atoms with van der Waals surface area (Å²) in [6.45, 7) is 1.71. The molecule has 0 unspecified atom stereocenters. The van der Waals surface area contributed by atoms with Gasteiger partial charge in [-0.2, -0.15) is 13.2 Å². The smallest absolute Gasteiger partial charge is 0.416 e. The molecule has 34 heavy (non-hydrogen) atoms. The molecule has 0 saturated carbocycles. The van der Waals surface area contributed by atoms with E-state index < -0.39 is 23.2 Å². The highest BCUT2D eigenvalue weighted by Gasteiger charge is 2.30. The van der Waals surface area contributed by atoms with Crippen molar-refractivity contribution in [1.29, 1.82) is 0 Å². The van der Waals surface area contributed by atoms with E-state index in [9.17, 15) is 22.8 Å². The third kappa shape index (κ3) is 4.59. The monoisotopic (exact) mass is 467 g/mol. The molecule has 0 saturated heterocycles. The molecule has 0 aliphatic heterocycles. The van der Waals surface area contributed by atoms with E-state index >= 15 is 0 Å². The first-order valence-corrected chi connectivity index (χ1v) is 10.3. The number of para-hydroxylation sites is 1. The highest BCUT2D eigenvalue weighted by atomic mass is 19.4. The quantitative estimate of drug-likeness (QED) is 0.419. The average molecular weight is 467 g/mol. The summed E-state index contributed by atoms with van der Waals surface area (Å²) < 4.78 is 47.5. The Morgan fingerprint density at radius 1 is 0.912 bits per heavy atom. The summed E-state index contributed by atoms with van der Waals surface area (Å²) in [6.07, 6.45) is -4.50. The Labute approximate surface area is 192 Å². The van der Waals surface area contributed by atoms with Crippen LogP contribution in [0.4, 0.5) is 18.9 Å². The van der Waals surface area contributed by atoms with Crippen LogP contribution >= 0.6 is 0 Å². The molecule has 0 atom stereocenters. The number of carbonyl (C=O) groups excluding carboxylic acids is 1. The lowest BCUT2D eigenvalue weighted by Gasteiger charge is -2.11. The van der Waals surface area contributed by atoms with E-state index in [4.69, 9.17) is 4.74 Å². The first-order chi connectivity index (χ1) is 16.1. The van der Waals surface area contributed by atoms with Gasteiger partial charge in [-0.1, -0.05) is 30.3 Å². The number of aromatic nitrogens is 2. The van der Waals surface area contributed by atoms with Crippen LogP contribution in [0.5, 0.6) is 11.5 Å². The fourth-order valence-electron chi connectivity index (χ4n) is 3.47. The first kappa shape index (κ1) is 22.9. The second kappa shape index (κ2) is 8.93. The van der Waals surface area contributed by atoms with Gasteiger partial charge in [0, 0.05) is 12.6 Å². The van der Waals surface area contributed by atoms with Crippen LogP contribution in [-0.2, 0) is 13.2 Å². The van der Waals surface area contributed by atoms with Gasteiger partial charge in [-0.05, 0) is 55.5 Å². The molecule has 0 spiro atoms. The van der Waals surface area contributed by atoms with Gasteiger partial charge in [-0.15, -0.1) is 0 Å². The van der Waals surface area contributed by atoms with Gasteiger partial charge in [-0.25, -0.2) is 4.68 Å². The van der Waals surface area contributed by atoms with Crippen LogP contribution in [0.3, 0.4) is 0 Å². The van der Waals surface area contributed by atoms with Crippen molar-refractivity contribution in [3.05, 3.63) is 106 Å². The second-order valence-electron chi connectivity index (χ2n) is 7.55. The number of carbonyl (C=O) groups is 1. The maximum atomic E-state index is 13.0. The number of ether oxygens (including phenoxy) is 1. The zero-order valence-corrected chi connectivity index (χ0v) is 18.3. The first-order valence-electron chi connectivity index (χ1n) is 10.3. The predicted octanol–water partition coefficient (Wildman–Crippen LogP) is 5.55. The van der Waals surface area contributed by atoms with Crippen molar-refractivity contribution in [1.82, 2.24) is 9.36 Å². The van der Waals surface area contributed by atoms with E-state index in [1.165, 1.54) is 41.1 Å². The largest absolute Gasteiger partial charge is 0.457 e. The third-order valence-electron chi connectivity index (χ3n) is 5.29. The minimum absolute atomic E-state index is 0.0166. The highest BCUT2D eigenvalue weighted by molar-refractivity contribution is 6.04. The number of hydrogen-bond donors (Lipinski definition) is 1. The summed E-state index contributed by atoms with van der Waals surface area (Å²) in [5, 5.41) is 2.65. The van der Waals surface area contributed by atoms with Gasteiger partial charge in [0.2, 0.25) is 0 Å². The van der Waals surface area contributed by atoms with Crippen molar-refractivity contribution in [2.24, 2.45) is 7.05 Å². The topological polar surface area (TPSA) is 65.3 Å². The molecular weight excluding hydrogens is 447 g/mol. The number of halogens is 3. The number of rotatable bonds is 5. The number of nitrogens with one attached hydrogen (secondary N) is 1. The second-order valence-corrected chi connectivity index (χ2v) is 7.55. The summed E-state index contributed by atoms with van der Waals surface area (Å²) in [6, 6.07) is 19.4. The summed E-state index contributed by atoms with van der Waals surface area (Å²) in [5.74, 6) is -0.393. The zero-order chi connectivity index (χ0) is 24.5. The van der Waals surface area contributed by atoms with Crippen LogP contribution in [0.1, 0.15) is 21.6 Å². The molecule has 1 aromatic heterocycles. The number of benzene rings is 3. The minimum atomic E-state index is -4.50. The standard InChI is InChI=1S/C25H20F3N3O3/c1-16-22(24(33)31(30(16)2)19-10-4-3-5-11-19)29-23(32)17-8-6-12-20(14-17)34-21-13-7-9-18(15-21)25(26,27)28/h3-15H,1-2H3,(H,29,32). The van der Waals surface area contributed by atoms with E-state index in [0.717, 1.165) is 12.1 Å². The summed E-state index contributed by atoms with van der Waals surface area (Å²) >= 11 is 0. The highest BCUT2D eigenvalue weighted by Crippen LogP contribution is 2.32. The van der Waals surface area contributed by atoms with Gasteiger partial charge < -0.3 is 10.1 Å². The van der Waals surface area contributed by atoms with E-state index in [0.29, 0.717) is 11.4 Å². The Morgan fingerprint density at radius 2 is 1.56 bits per heavy atom. The molecule has 4 rings (SSSR count). The maximum absolute atomic E-state index is 13.0. The molecule has 4 aromatic rings. The van der Waals surface area contributed by atoms with Gasteiger partial charge in [0.1, 0.15) is 17.2 Å². The van der Waals surface area contributed by atoms with Gasteiger partial charge in [-0.3, -0.25) is 14.3 Å². The number of anilines is 1. The van der Waals surface area contributed by atoms with Crippen molar-refractivity contribution in [3.63, 3.8) is 0 Å². The van der Waals surface area contributed by atoms with E-state index in [2.05, 4.69) is 5.32 Å². The number of hydrogen-bond acceptors (Lipinski definition) is 3. The lowest BCUT2D eigenvalue weighted by atomic mass is 10.2. The molecule has 0 aliphatic carbocycles. The molecule has 0 bridgehead atoms. The Balaban J connectivity index is 1.58. The predicted molar refractivity (Wildman–Crippen MR) is 122 cm³/mol. The molecule has 3 aromatic carbocycles. The van der Waals surface area contributed by atoms with Gasteiger partial charge in [0.25, 0.3) is 11.5 Å². The Kier molecular flexibility index (Phi) is 6.02.